The molecule has 4 atom stereocenters. The minimum atomic E-state index is -0.435. The van der Waals surface area contributed by atoms with Crippen molar-refractivity contribution in [1.29, 1.82) is 0 Å². The molecule has 0 amide bonds. The van der Waals surface area contributed by atoms with E-state index in [1.54, 1.807) is 13.0 Å². The number of aromatic amines is 1. The van der Waals surface area contributed by atoms with E-state index in [2.05, 4.69) is 41.7 Å². The first kappa shape index (κ1) is 37.0. The molecule has 1 aliphatic carbocycles. The summed E-state index contributed by atoms with van der Waals surface area (Å²) in [4.78, 5) is 3.54. The molecule has 0 unspecified atom stereocenters. The maximum absolute atomic E-state index is 10.7. The van der Waals surface area contributed by atoms with Gasteiger partial charge in [0.05, 0.1) is 18.8 Å². The molecule has 0 bridgehead atoms. The zero-order valence-corrected chi connectivity index (χ0v) is 28.8. The molecule has 47 heavy (non-hydrogen) atoms. The van der Waals surface area contributed by atoms with Crippen LogP contribution in [0.3, 0.4) is 0 Å². The fourth-order valence-corrected chi connectivity index (χ4v) is 7.12. The van der Waals surface area contributed by atoms with Gasteiger partial charge in [0.1, 0.15) is 18.1 Å². The van der Waals surface area contributed by atoms with Crippen LogP contribution in [0.4, 0.5) is 0 Å². The van der Waals surface area contributed by atoms with E-state index in [0.717, 1.165) is 73.4 Å². The predicted octanol–water partition coefficient (Wildman–Crippen LogP) is 6.05. The van der Waals surface area contributed by atoms with Crippen molar-refractivity contribution >= 4 is 0 Å². The van der Waals surface area contributed by atoms with Crippen molar-refractivity contribution in [3.63, 3.8) is 0 Å². The number of aryl methyl sites for hydroxylation is 3. The fraction of sp³-hybridized carbons (Fsp3) is 0.632. The van der Waals surface area contributed by atoms with E-state index in [1.165, 1.54) is 31.2 Å². The van der Waals surface area contributed by atoms with E-state index in [1.807, 2.05) is 18.2 Å². The molecular weight excluding hydrogens is 594 g/mol. The molecule has 4 rings (SSSR count). The molecule has 262 valence electrons. The van der Waals surface area contributed by atoms with Crippen molar-refractivity contribution in [3.8, 4) is 11.5 Å². The summed E-state index contributed by atoms with van der Waals surface area (Å²) in [6.45, 7) is 7.79. The Hall–Kier alpha value is -2.82. The second-order valence-electron chi connectivity index (χ2n) is 13.3. The molecule has 2 heterocycles. The fourth-order valence-electron chi connectivity index (χ4n) is 7.12. The van der Waals surface area contributed by atoms with Crippen molar-refractivity contribution in [3.05, 3.63) is 70.4 Å². The van der Waals surface area contributed by atoms with Crippen LogP contribution in [0.25, 0.3) is 0 Å². The van der Waals surface area contributed by atoms with E-state index in [9.17, 15) is 20.4 Å². The average molecular weight is 654 g/mol. The third-order valence-corrected chi connectivity index (χ3v) is 9.59. The van der Waals surface area contributed by atoms with Crippen molar-refractivity contribution < 1.29 is 29.6 Å². The normalized spacial score (nSPS) is 16.4. The quantitative estimate of drug-likeness (QED) is 0.0695. The number of aliphatic hydroxyl groups is 3. The summed E-state index contributed by atoms with van der Waals surface area (Å²) in [5.74, 6) is 3.13. The Morgan fingerprint density at radius 2 is 1.83 bits per heavy atom. The lowest BCUT2D eigenvalue weighted by atomic mass is 9.78. The second-order valence-corrected chi connectivity index (χ2v) is 13.3. The van der Waals surface area contributed by atoms with Gasteiger partial charge in [0.15, 0.2) is 11.5 Å². The average Bonchev–Trinajstić information content (AvgIpc) is 3.85. The number of phenols is 1. The molecule has 9 nitrogen and oxygen atoms in total. The van der Waals surface area contributed by atoms with Crippen LogP contribution in [-0.4, -0.2) is 63.9 Å². The highest BCUT2D eigenvalue weighted by Gasteiger charge is 2.33. The Kier molecular flexibility index (Phi) is 15.2. The molecule has 7 N–H and O–H groups in total. The molecule has 0 spiro atoms. The largest absolute Gasteiger partial charge is 0.504 e. The summed E-state index contributed by atoms with van der Waals surface area (Å²) in [6, 6.07) is 9.78. The molecule has 9 heteroatoms. The van der Waals surface area contributed by atoms with Gasteiger partial charge in [0.2, 0.25) is 0 Å². The standard InChI is InChI=1S/C38H59N3O6/c1-4-6-13-36-30(24-43)20-31(47-36)16-14-27-15-17-35(45)37(19-27)46-25-34(39-5-2)33-21-29(23-41-33)38(28-10-7-8-11-28)32(12-9-18-42)40-22-26(3)44/h15,17,19-21,23,26,28,32,34,38-45H,4-14,16,18,22,24-25H2,1-3H3/t26-,32-,34-,38-/m0/s1. The van der Waals surface area contributed by atoms with Crippen LogP contribution in [0.15, 0.2) is 40.9 Å². The summed E-state index contributed by atoms with van der Waals surface area (Å²) in [5, 5.41) is 47.2. The maximum atomic E-state index is 10.7. The lowest BCUT2D eigenvalue weighted by Crippen LogP contribution is -2.41. The molecule has 1 aromatic carbocycles. The van der Waals surface area contributed by atoms with E-state index < -0.39 is 6.10 Å². The smallest absolute Gasteiger partial charge is 0.161 e. The third kappa shape index (κ3) is 10.8. The molecule has 1 saturated carbocycles. The zero-order valence-electron chi connectivity index (χ0n) is 28.8. The molecule has 0 radical (unpaired) electrons. The van der Waals surface area contributed by atoms with Crippen LogP contribution in [0.1, 0.15) is 118 Å². The van der Waals surface area contributed by atoms with Crippen molar-refractivity contribution in [1.82, 2.24) is 15.6 Å². The van der Waals surface area contributed by atoms with E-state index >= 15 is 0 Å². The van der Waals surface area contributed by atoms with E-state index in [0.29, 0.717) is 31.2 Å². The van der Waals surface area contributed by atoms with Crippen molar-refractivity contribution in [2.24, 2.45) is 5.92 Å². The Morgan fingerprint density at radius 3 is 2.53 bits per heavy atom. The first-order valence-corrected chi connectivity index (χ1v) is 18.0. The van der Waals surface area contributed by atoms with Gasteiger partial charge in [-0.05, 0) is 93.3 Å². The third-order valence-electron chi connectivity index (χ3n) is 9.59. The van der Waals surface area contributed by atoms with Gasteiger partial charge in [0.25, 0.3) is 0 Å². The molecule has 0 aliphatic heterocycles. The number of furan rings is 1. The van der Waals surface area contributed by atoms with Crippen molar-refractivity contribution in [2.45, 2.75) is 122 Å². The lowest BCUT2D eigenvalue weighted by Gasteiger charge is -2.33. The zero-order chi connectivity index (χ0) is 33.6. The minimum Gasteiger partial charge on any atom is -0.504 e. The van der Waals surface area contributed by atoms with Gasteiger partial charge < -0.3 is 45.2 Å². The molecule has 3 aromatic rings. The number of unbranched alkanes of at least 4 members (excludes halogenated alkanes) is 1. The second kappa shape index (κ2) is 19.2. The highest BCUT2D eigenvalue weighted by Crippen LogP contribution is 2.41. The SMILES string of the molecule is CCCCc1oc(CCc2ccc(O)c(OC[C@H](NCC)c3cc([C@H](C4CCCC4)[C@H](CCCO)NC[C@H](C)O)c[nH]3)c2)cc1CO. The van der Waals surface area contributed by atoms with Crippen LogP contribution >= 0.6 is 0 Å². The number of nitrogens with one attached hydrogen (secondary N) is 3. The first-order chi connectivity index (χ1) is 22.9. The highest BCUT2D eigenvalue weighted by molar-refractivity contribution is 5.42. The summed E-state index contributed by atoms with van der Waals surface area (Å²) >= 11 is 0. The van der Waals surface area contributed by atoms with Crippen LogP contribution < -0.4 is 15.4 Å². The van der Waals surface area contributed by atoms with Crippen LogP contribution in [0.5, 0.6) is 11.5 Å². The summed E-state index contributed by atoms with van der Waals surface area (Å²) in [5.41, 5.74) is 4.19. The molecule has 1 aliphatic rings. The van der Waals surface area contributed by atoms with Gasteiger partial charge >= 0.3 is 0 Å². The Bertz CT molecular complexity index is 1310. The number of H-pyrrole nitrogens is 1. The molecule has 2 aromatic heterocycles. The molecule has 1 fully saturated rings. The van der Waals surface area contributed by atoms with Gasteiger partial charge in [-0.1, -0.05) is 39.2 Å². The van der Waals surface area contributed by atoms with E-state index in [-0.39, 0.29) is 37.0 Å². The number of hydrogen-bond donors (Lipinski definition) is 7. The number of ether oxygens (including phenoxy) is 1. The predicted molar refractivity (Wildman–Crippen MR) is 186 cm³/mol. The number of aromatic nitrogens is 1. The van der Waals surface area contributed by atoms with Gasteiger partial charge in [0, 0.05) is 55.4 Å². The van der Waals surface area contributed by atoms with Gasteiger partial charge in [-0.3, -0.25) is 0 Å². The lowest BCUT2D eigenvalue weighted by molar-refractivity contribution is 0.174. The van der Waals surface area contributed by atoms with Crippen LogP contribution in [-0.2, 0) is 25.9 Å². The van der Waals surface area contributed by atoms with Crippen LogP contribution in [0.2, 0.25) is 0 Å². The van der Waals surface area contributed by atoms with Gasteiger partial charge in [-0.15, -0.1) is 0 Å². The summed E-state index contributed by atoms with van der Waals surface area (Å²) in [6.07, 6.45) is 12.5. The Labute approximate surface area is 281 Å². The topological polar surface area (TPSA) is 143 Å². The number of benzene rings is 1. The number of aliphatic hydroxyl groups excluding tert-OH is 3. The summed E-state index contributed by atoms with van der Waals surface area (Å²) in [7, 11) is 0. The van der Waals surface area contributed by atoms with E-state index in [4.69, 9.17) is 9.15 Å². The number of rotatable bonds is 22. The number of phenolic OH excluding ortho intramolecular Hbond substituents is 1. The summed E-state index contributed by atoms with van der Waals surface area (Å²) < 4.78 is 12.3. The minimum absolute atomic E-state index is 0.0135. The van der Waals surface area contributed by atoms with Crippen molar-refractivity contribution in [2.75, 3.05) is 26.3 Å². The number of likely N-dealkylation sites (N-methyl/N-ethyl adjacent to an activating group) is 1. The van der Waals surface area contributed by atoms with Gasteiger partial charge in [-0.2, -0.15) is 0 Å². The Morgan fingerprint density at radius 1 is 1.02 bits per heavy atom. The first-order valence-electron chi connectivity index (χ1n) is 18.0. The van der Waals surface area contributed by atoms with Crippen LogP contribution in [0, 0.1) is 5.92 Å². The molecule has 0 saturated heterocycles. The number of aromatic hydroxyl groups is 1. The molecular formula is C38H59N3O6. The maximum Gasteiger partial charge on any atom is 0.161 e. The number of hydrogen-bond acceptors (Lipinski definition) is 8. The van der Waals surface area contributed by atoms with Gasteiger partial charge in [-0.25, -0.2) is 0 Å². The Balaban J connectivity index is 1.45. The monoisotopic (exact) mass is 653 g/mol. The highest BCUT2D eigenvalue weighted by atomic mass is 16.5.